The zero-order chi connectivity index (χ0) is 14.0. The standard InChI is InChI=1S/C14H11BrClFO2/c1-8(18)9-4-2-3-5-13(9)19-14-7-12(17)11(16)6-10(14)15/h2-8,18H,1H3. The maximum atomic E-state index is 13.4. The molecule has 0 bridgehead atoms. The molecule has 2 rings (SSSR count). The van der Waals surface area contributed by atoms with Crippen LogP contribution in [-0.4, -0.2) is 5.11 Å². The highest BCUT2D eigenvalue weighted by Gasteiger charge is 2.13. The summed E-state index contributed by atoms with van der Waals surface area (Å²) < 4.78 is 19.6. The van der Waals surface area contributed by atoms with Crippen LogP contribution in [0.4, 0.5) is 4.39 Å². The Balaban J connectivity index is 2.39. The second-order valence-electron chi connectivity index (χ2n) is 4.01. The minimum Gasteiger partial charge on any atom is -0.456 e. The SMILES string of the molecule is CC(O)c1ccccc1Oc1cc(F)c(Cl)cc1Br. The van der Waals surface area contributed by atoms with E-state index in [0.717, 1.165) is 0 Å². The smallest absolute Gasteiger partial charge is 0.145 e. The average molecular weight is 346 g/mol. The normalized spacial score (nSPS) is 12.3. The molecule has 0 saturated carbocycles. The summed E-state index contributed by atoms with van der Waals surface area (Å²) in [5.74, 6) is 0.212. The van der Waals surface area contributed by atoms with Gasteiger partial charge in [-0.25, -0.2) is 4.39 Å². The van der Waals surface area contributed by atoms with E-state index >= 15 is 0 Å². The topological polar surface area (TPSA) is 29.5 Å². The lowest BCUT2D eigenvalue weighted by Gasteiger charge is -2.14. The number of para-hydroxylation sites is 1. The molecule has 1 unspecified atom stereocenters. The summed E-state index contributed by atoms with van der Waals surface area (Å²) in [6.45, 7) is 1.64. The first kappa shape index (κ1) is 14.3. The van der Waals surface area contributed by atoms with E-state index in [1.165, 1.54) is 12.1 Å². The highest BCUT2D eigenvalue weighted by Crippen LogP contribution is 2.36. The van der Waals surface area contributed by atoms with Crippen molar-refractivity contribution in [2.75, 3.05) is 0 Å². The van der Waals surface area contributed by atoms with Crippen LogP contribution >= 0.6 is 27.5 Å². The maximum absolute atomic E-state index is 13.4. The Hall–Kier alpha value is -1.10. The molecule has 2 nitrogen and oxygen atoms in total. The van der Waals surface area contributed by atoms with Gasteiger partial charge in [-0.3, -0.25) is 0 Å². The molecule has 100 valence electrons. The van der Waals surface area contributed by atoms with Crippen molar-refractivity contribution in [1.82, 2.24) is 0 Å². The van der Waals surface area contributed by atoms with E-state index in [4.69, 9.17) is 16.3 Å². The van der Waals surface area contributed by atoms with Gasteiger partial charge >= 0.3 is 0 Å². The van der Waals surface area contributed by atoms with E-state index in [1.54, 1.807) is 31.2 Å². The molecule has 0 radical (unpaired) electrons. The van der Waals surface area contributed by atoms with E-state index in [1.807, 2.05) is 0 Å². The first-order valence-corrected chi connectivity index (χ1v) is 6.75. The van der Waals surface area contributed by atoms with Crippen molar-refractivity contribution >= 4 is 27.5 Å². The summed E-state index contributed by atoms with van der Waals surface area (Å²) >= 11 is 8.93. The van der Waals surface area contributed by atoms with Gasteiger partial charge in [0.15, 0.2) is 0 Å². The van der Waals surface area contributed by atoms with Crippen LogP contribution in [0.3, 0.4) is 0 Å². The van der Waals surface area contributed by atoms with E-state index in [0.29, 0.717) is 21.5 Å². The predicted octanol–water partition coefficient (Wildman–Crippen LogP) is 5.09. The molecule has 0 aliphatic carbocycles. The molecule has 0 heterocycles. The quantitative estimate of drug-likeness (QED) is 0.785. The largest absolute Gasteiger partial charge is 0.456 e. The van der Waals surface area contributed by atoms with Gasteiger partial charge in [0.05, 0.1) is 15.6 Å². The van der Waals surface area contributed by atoms with Crippen LogP contribution < -0.4 is 4.74 Å². The van der Waals surface area contributed by atoms with Gasteiger partial charge in [0.1, 0.15) is 17.3 Å². The second-order valence-corrected chi connectivity index (χ2v) is 5.27. The van der Waals surface area contributed by atoms with Gasteiger partial charge in [-0.2, -0.15) is 0 Å². The fourth-order valence-corrected chi connectivity index (χ4v) is 2.34. The predicted molar refractivity (Wildman–Crippen MR) is 76.3 cm³/mol. The molecule has 2 aromatic carbocycles. The molecule has 0 spiro atoms. The molecular formula is C14H11BrClFO2. The van der Waals surface area contributed by atoms with Gasteiger partial charge in [0.2, 0.25) is 0 Å². The van der Waals surface area contributed by atoms with E-state index in [-0.39, 0.29) is 5.02 Å². The summed E-state index contributed by atoms with van der Waals surface area (Å²) in [7, 11) is 0. The average Bonchev–Trinajstić information content (AvgIpc) is 2.36. The number of aliphatic hydroxyl groups excluding tert-OH is 1. The Kier molecular flexibility index (Phi) is 4.45. The zero-order valence-electron chi connectivity index (χ0n) is 10.0. The fraction of sp³-hybridized carbons (Fsp3) is 0.143. The molecule has 5 heteroatoms. The Morgan fingerprint density at radius 2 is 1.95 bits per heavy atom. The number of benzene rings is 2. The molecule has 2 aromatic rings. The third-order valence-electron chi connectivity index (χ3n) is 2.56. The van der Waals surface area contributed by atoms with Gasteiger partial charge < -0.3 is 9.84 Å². The van der Waals surface area contributed by atoms with Gasteiger partial charge in [0.25, 0.3) is 0 Å². The first-order chi connectivity index (χ1) is 8.99. The van der Waals surface area contributed by atoms with Crippen molar-refractivity contribution in [2.24, 2.45) is 0 Å². The lowest BCUT2D eigenvalue weighted by Crippen LogP contribution is -1.96. The number of halogens is 3. The van der Waals surface area contributed by atoms with Crippen molar-refractivity contribution in [3.8, 4) is 11.5 Å². The van der Waals surface area contributed by atoms with Crippen LogP contribution in [0.15, 0.2) is 40.9 Å². The Morgan fingerprint density at radius 3 is 2.63 bits per heavy atom. The van der Waals surface area contributed by atoms with Crippen LogP contribution in [0.5, 0.6) is 11.5 Å². The van der Waals surface area contributed by atoms with Crippen molar-refractivity contribution in [3.05, 3.63) is 57.3 Å². The lowest BCUT2D eigenvalue weighted by atomic mass is 10.1. The summed E-state index contributed by atoms with van der Waals surface area (Å²) in [5.41, 5.74) is 0.629. The van der Waals surface area contributed by atoms with Gasteiger partial charge in [-0.15, -0.1) is 0 Å². The van der Waals surface area contributed by atoms with Gasteiger partial charge in [-0.1, -0.05) is 29.8 Å². The van der Waals surface area contributed by atoms with Crippen LogP contribution in [0, 0.1) is 5.82 Å². The molecule has 0 fully saturated rings. The Bertz CT molecular complexity index is 602. The Labute approximate surface area is 123 Å². The van der Waals surface area contributed by atoms with Crippen molar-refractivity contribution < 1.29 is 14.2 Å². The molecule has 0 amide bonds. The molecule has 0 aliphatic rings. The van der Waals surface area contributed by atoms with Crippen molar-refractivity contribution in [1.29, 1.82) is 0 Å². The van der Waals surface area contributed by atoms with Crippen LogP contribution in [0.25, 0.3) is 0 Å². The highest BCUT2D eigenvalue weighted by atomic mass is 79.9. The molecule has 0 aliphatic heterocycles. The second kappa shape index (κ2) is 5.90. The summed E-state index contributed by atoms with van der Waals surface area (Å²) in [6.07, 6.45) is -0.674. The van der Waals surface area contributed by atoms with Crippen LogP contribution in [0.2, 0.25) is 5.02 Å². The van der Waals surface area contributed by atoms with Gasteiger partial charge in [-0.05, 0) is 35.0 Å². The fourth-order valence-electron chi connectivity index (χ4n) is 1.62. The number of rotatable bonds is 3. The highest BCUT2D eigenvalue weighted by molar-refractivity contribution is 9.10. The van der Waals surface area contributed by atoms with Crippen LogP contribution in [0.1, 0.15) is 18.6 Å². The van der Waals surface area contributed by atoms with Crippen molar-refractivity contribution in [2.45, 2.75) is 13.0 Å². The number of hydrogen-bond acceptors (Lipinski definition) is 2. The number of ether oxygens (including phenoxy) is 1. The number of aliphatic hydroxyl groups is 1. The third kappa shape index (κ3) is 3.26. The van der Waals surface area contributed by atoms with Gasteiger partial charge in [0, 0.05) is 11.6 Å². The molecule has 0 aromatic heterocycles. The third-order valence-corrected chi connectivity index (χ3v) is 3.47. The van der Waals surface area contributed by atoms with E-state index < -0.39 is 11.9 Å². The molecular weight excluding hydrogens is 335 g/mol. The summed E-state index contributed by atoms with van der Waals surface area (Å²) in [4.78, 5) is 0. The summed E-state index contributed by atoms with van der Waals surface area (Å²) in [6, 6.07) is 9.66. The monoisotopic (exact) mass is 344 g/mol. The Morgan fingerprint density at radius 1 is 1.26 bits per heavy atom. The van der Waals surface area contributed by atoms with E-state index in [2.05, 4.69) is 15.9 Å². The molecule has 0 saturated heterocycles. The minimum atomic E-state index is -0.674. The van der Waals surface area contributed by atoms with Crippen molar-refractivity contribution in [3.63, 3.8) is 0 Å². The molecule has 1 N–H and O–H groups in total. The molecule has 1 atom stereocenters. The maximum Gasteiger partial charge on any atom is 0.145 e. The van der Waals surface area contributed by atoms with Crippen LogP contribution in [-0.2, 0) is 0 Å². The number of hydrogen-bond donors (Lipinski definition) is 1. The minimum absolute atomic E-state index is 0.0167. The van der Waals surface area contributed by atoms with E-state index in [9.17, 15) is 9.50 Å². The lowest BCUT2D eigenvalue weighted by molar-refractivity contribution is 0.195. The first-order valence-electron chi connectivity index (χ1n) is 5.58. The molecule has 19 heavy (non-hydrogen) atoms. The zero-order valence-corrected chi connectivity index (χ0v) is 12.4. The summed E-state index contributed by atoms with van der Waals surface area (Å²) in [5, 5.41) is 9.68.